The molecule has 2 aromatic rings. The van der Waals surface area contributed by atoms with Gasteiger partial charge in [-0.3, -0.25) is 4.79 Å². The van der Waals surface area contributed by atoms with Crippen LogP contribution in [0.3, 0.4) is 0 Å². The Morgan fingerprint density at radius 3 is 2.54 bits per heavy atom. The zero-order chi connectivity index (χ0) is 19.3. The number of nitrogens with one attached hydrogen (secondary N) is 1. The van der Waals surface area contributed by atoms with Crippen LogP contribution in [-0.4, -0.2) is 32.7 Å². The molecule has 0 heterocycles. The number of halogens is 2. The van der Waals surface area contributed by atoms with Gasteiger partial charge in [0.25, 0.3) is 5.91 Å². The minimum absolute atomic E-state index is 0.164. The quantitative estimate of drug-likeness (QED) is 0.665. The Bertz CT molecular complexity index is 841. The maximum atomic E-state index is 12.6. The van der Waals surface area contributed by atoms with Gasteiger partial charge < -0.3 is 19.5 Å². The van der Waals surface area contributed by atoms with Crippen LogP contribution in [0.4, 0.5) is 5.69 Å². The number of benzene rings is 2. The summed E-state index contributed by atoms with van der Waals surface area (Å²) in [6, 6.07) is 7.75. The van der Waals surface area contributed by atoms with Gasteiger partial charge in [0.15, 0.2) is 11.5 Å². The van der Waals surface area contributed by atoms with Crippen molar-refractivity contribution in [3.63, 3.8) is 0 Å². The first-order valence-corrected chi connectivity index (χ1v) is 8.77. The topological polar surface area (TPSA) is 73.9 Å². The average Bonchev–Trinajstić information content (AvgIpc) is 2.64. The summed E-state index contributed by atoms with van der Waals surface area (Å²) in [6.45, 7) is 2.31. The highest BCUT2D eigenvalue weighted by Gasteiger charge is 2.17. The molecule has 0 radical (unpaired) electrons. The smallest absolute Gasteiger partial charge is 0.339 e. The lowest BCUT2D eigenvalue weighted by Gasteiger charge is -2.14. The van der Waals surface area contributed by atoms with Crippen LogP contribution in [0.2, 0.25) is 5.02 Å². The van der Waals surface area contributed by atoms with E-state index in [0.29, 0.717) is 33.8 Å². The van der Waals surface area contributed by atoms with E-state index in [0.717, 1.165) is 0 Å². The highest BCUT2D eigenvalue weighted by molar-refractivity contribution is 9.10. The molecule has 6 nitrogen and oxygen atoms in total. The monoisotopic (exact) mass is 441 g/mol. The first-order chi connectivity index (χ1) is 12.4. The van der Waals surface area contributed by atoms with Crippen LogP contribution >= 0.6 is 27.5 Å². The van der Waals surface area contributed by atoms with E-state index in [4.69, 9.17) is 21.1 Å². The first kappa shape index (κ1) is 20.1. The maximum absolute atomic E-state index is 12.6. The normalized spacial score (nSPS) is 10.2. The Balaban J connectivity index is 2.30. The van der Waals surface area contributed by atoms with E-state index >= 15 is 0 Å². The Labute approximate surface area is 164 Å². The number of hydrogen-bond acceptors (Lipinski definition) is 5. The lowest BCUT2D eigenvalue weighted by Crippen LogP contribution is -2.13. The molecule has 8 heteroatoms. The number of anilines is 1. The van der Waals surface area contributed by atoms with E-state index in [2.05, 4.69) is 26.0 Å². The van der Waals surface area contributed by atoms with Gasteiger partial charge in [-0.15, -0.1) is 0 Å². The van der Waals surface area contributed by atoms with Crippen molar-refractivity contribution in [2.75, 3.05) is 26.1 Å². The van der Waals surface area contributed by atoms with Crippen molar-refractivity contribution < 1.29 is 23.8 Å². The number of ether oxygens (including phenoxy) is 3. The second-order valence-corrected chi connectivity index (χ2v) is 6.32. The van der Waals surface area contributed by atoms with E-state index in [1.165, 1.54) is 26.4 Å². The molecule has 0 saturated carbocycles. The highest BCUT2D eigenvalue weighted by Crippen LogP contribution is 2.37. The third-order valence-electron chi connectivity index (χ3n) is 3.41. The molecule has 0 fully saturated rings. The van der Waals surface area contributed by atoms with Crippen molar-refractivity contribution in [1.29, 1.82) is 0 Å². The van der Waals surface area contributed by atoms with E-state index in [1.807, 2.05) is 6.92 Å². The number of esters is 1. The minimum atomic E-state index is -0.587. The Kier molecular flexibility index (Phi) is 6.88. The number of carbonyl (C=O) groups excluding carboxylic acids is 2. The van der Waals surface area contributed by atoms with Crippen molar-refractivity contribution >= 4 is 45.1 Å². The lowest BCUT2D eigenvalue weighted by molar-refractivity contribution is 0.0600. The molecular formula is C18H17BrClNO5. The SMILES string of the molecule is CCOc1c(Br)cc(C(=O)Nc2ccc(Cl)c(C(=O)OC)c2)cc1OC. The zero-order valence-electron chi connectivity index (χ0n) is 14.4. The Hall–Kier alpha value is -2.25. The van der Waals surface area contributed by atoms with Gasteiger partial charge in [0.05, 0.1) is 35.9 Å². The van der Waals surface area contributed by atoms with E-state index < -0.39 is 5.97 Å². The van der Waals surface area contributed by atoms with Crippen LogP contribution in [0, 0.1) is 0 Å². The number of amides is 1. The van der Waals surface area contributed by atoms with Gasteiger partial charge in [-0.25, -0.2) is 4.79 Å². The summed E-state index contributed by atoms with van der Waals surface area (Å²) in [4.78, 5) is 24.3. The van der Waals surface area contributed by atoms with E-state index in [-0.39, 0.29) is 16.5 Å². The molecule has 0 spiro atoms. The molecule has 138 valence electrons. The average molecular weight is 443 g/mol. The fourth-order valence-corrected chi connectivity index (χ4v) is 2.96. The molecule has 2 aromatic carbocycles. The standard InChI is InChI=1S/C18H17BrClNO5/c1-4-26-16-13(19)7-10(8-15(16)24-2)17(22)21-11-5-6-14(20)12(9-11)18(23)25-3/h5-9H,4H2,1-3H3,(H,21,22). The molecule has 0 aromatic heterocycles. The molecule has 0 bridgehead atoms. The molecule has 1 N–H and O–H groups in total. The van der Waals surface area contributed by atoms with Gasteiger partial charge >= 0.3 is 5.97 Å². The number of methoxy groups -OCH3 is 2. The fraction of sp³-hybridized carbons (Fsp3) is 0.222. The van der Waals surface area contributed by atoms with Crippen LogP contribution < -0.4 is 14.8 Å². The third-order valence-corrected chi connectivity index (χ3v) is 4.33. The molecule has 0 aliphatic carbocycles. The van der Waals surface area contributed by atoms with Crippen LogP contribution in [0.25, 0.3) is 0 Å². The molecule has 2 rings (SSSR count). The molecule has 26 heavy (non-hydrogen) atoms. The van der Waals surface area contributed by atoms with Crippen LogP contribution in [-0.2, 0) is 4.74 Å². The van der Waals surface area contributed by atoms with Gasteiger partial charge in [0, 0.05) is 11.3 Å². The predicted octanol–water partition coefficient (Wildman–Crippen LogP) is 4.55. The van der Waals surface area contributed by atoms with Crippen molar-refractivity contribution in [3.8, 4) is 11.5 Å². The van der Waals surface area contributed by atoms with Crippen LogP contribution in [0.1, 0.15) is 27.6 Å². The van der Waals surface area contributed by atoms with Gasteiger partial charge in [-0.05, 0) is 53.2 Å². The van der Waals surface area contributed by atoms with E-state index in [1.54, 1.807) is 18.2 Å². The number of carbonyl (C=O) groups is 2. The van der Waals surface area contributed by atoms with Gasteiger partial charge in [-0.1, -0.05) is 11.6 Å². The zero-order valence-corrected chi connectivity index (χ0v) is 16.7. The summed E-state index contributed by atoms with van der Waals surface area (Å²) < 4.78 is 16.1. The summed E-state index contributed by atoms with van der Waals surface area (Å²) in [7, 11) is 2.75. The molecule has 1 amide bonds. The van der Waals surface area contributed by atoms with Crippen molar-refractivity contribution in [2.45, 2.75) is 6.92 Å². The maximum Gasteiger partial charge on any atom is 0.339 e. The molecular weight excluding hydrogens is 426 g/mol. The summed E-state index contributed by atoms with van der Waals surface area (Å²) in [5, 5.41) is 2.95. The van der Waals surface area contributed by atoms with Crippen molar-refractivity contribution in [2.24, 2.45) is 0 Å². The molecule has 0 aliphatic heterocycles. The first-order valence-electron chi connectivity index (χ1n) is 7.60. The second kappa shape index (κ2) is 8.91. The van der Waals surface area contributed by atoms with Gasteiger partial charge in [-0.2, -0.15) is 0 Å². The van der Waals surface area contributed by atoms with E-state index in [9.17, 15) is 9.59 Å². The second-order valence-electron chi connectivity index (χ2n) is 5.06. The number of rotatable bonds is 6. The van der Waals surface area contributed by atoms with Crippen molar-refractivity contribution in [3.05, 3.63) is 51.0 Å². The predicted molar refractivity (Wildman–Crippen MR) is 103 cm³/mol. The Morgan fingerprint density at radius 1 is 1.19 bits per heavy atom. The summed E-state index contributed by atoms with van der Waals surface area (Å²) in [6.07, 6.45) is 0. The van der Waals surface area contributed by atoms with Crippen molar-refractivity contribution in [1.82, 2.24) is 0 Å². The molecule has 0 saturated heterocycles. The molecule has 0 aliphatic rings. The minimum Gasteiger partial charge on any atom is -0.493 e. The highest BCUT2D eigenvalue weighted by atomic mass is 79.9. The molecule has 0 unspecified atom stereocenters. The molecule has 0 atom stereocenters. The summed E-state index contributed by atoms with van der Waals surface area (Å²) in [5.41, 5.74) is 0.924. The Morgan fingerprint density at radius 2 is 1.92 bits per heavy atom. The summed E-state index contributed by atoms with van der Waals surface area (Å²) >= 11 is 9.36. The van der Waals surface area contributed by atoms with Crippen LogP contribution in [0.15, 0.2) is 34.8 Å². The van der Waals surface area contributed by atoms with Gasteiger partial charge in [0.1, 0.15) is 0 Å². The summed E-state index contributed by atoms with van der Waals surface area (Å²) in [5.74, 6) is -0.0227. The third kappa shape index (κ3) is 4.47. The van der Waals surface area contributed by atoms with Gasteiger partial charge in [0.2, 0.25) is 0 Å². The lowest BCUT2D eigenvalue weighted by atomic mass is 10.1. The number of hydrogen-bond donors (Lipinski definition) is 1. The largest absolute Gasteiger partial charge is 0.493 e. The van der Waals surface area contributed by atoms with Crippen LogP contribution in [0.5, 0.6) is 11.5 Å². The fourth-order valence-electron chi connectivity index (χ4n) is 2.21.